The number of hydrogen-bond acceptors (Lipinski definition) is 8. The van der Waals surface area contributed by atoms with Crippen molar-refractivity contribution in [1.82, 2.24) is 15.5 Å². The van der Waals surface area contributed by atoms with Gasteiger partial charge >= 0.3 is 5.97 Å². The fraction of sp³-hybridized carbons (Fsp3) is 0.455. The summed E-state index contributed by atoms with van der Waals surface area (Å²) in [5, 5.41) is 4.69. The number of ketones is 1. The Kier molecular flexibility index (Phi) is 7.01. The molecule has 0 aliphatic carbocycles. The molecule has 0 bridgehead atoms. The molecule has 2 saturated heterocycles. The molecule has 1 aromatic rings. The number of hydrogen-bond donors (Lipinski definition) is 3. The predicted molar refractivity (Wildman–Crippen MR) is 121 cm³/mol. The quantitative estimate of drug-likeness (QED) is 0.195. The van der Waals surface area contributed by atoms with E-state index in [0.717, 1.165) is 0 Å². The van der Waals surface area contributed by atoms with Crippen LogP contribution in [0, 0.1) is 0 Å². The van der Waals surface area contributed by atoms with Crippen molar-refractivity contribution in [3.8, 4) is 5.75 Å². The number of ether oxygens (including phenoxy) is 1. The zero-order valence-electron chi connectivity index (χ0n) is 19.1. The fourth-order valence-electron chi connectivity index (χ4n) is 4.22. The summed E-state index contributed by atoms with van der Waals surface area (Å²) in [5.74, 6) is -3.13. The van der Waals surface area contributed by atoms with Crippen LogP contribution in [-0.4, -0.2) is 62.5 Å². The molecule has 0 aromatic heterocycles. The molecule has 2 heterocycles. The Labute approximate surface area is 200 Å². The second-order valence-electron chi connectivity index (χ2n) is 8.66. The third-order valence-electron chi connectivity index (χ3n) is 5.50. The van der Waals surface area contributed by atoms with Crippen LogP contribution in [0.1, 0.15) is 45.7 Å². The minimum atomic E-state index is -1.25. The van der Waals surface area contributed by atoms with E-state index in [1.165, 1.54) is 54.8 Å². The molecule has 12 heteroatoms. The lowest BCUT2D eigenvalue weighted by Crippen LogP contribution is -2.71. The Morgan fingerprint density at radius 1 is 1.15 bits per heavy atom. The number of rotatable bonds is 8. The molecule has 182 valence electrons. The maximum absolute atomic E-state index is 13.2. The standard InChI is InChI=1S/C22H26N4O7S/c1-10(27)18-22(3,4)34-21-17(20(32)26(18)21)25-19(31)16(24-15(30)9-14(23)29)12-5-7-13(8-6-12)33-11(2)28/h5-8,16-18,21H,9H2,1-4H3,(H2,23,29)(H,24,30)(H,25,31)/t16-,17+,18-,21?/m1/s1. The largest absolute Gasteiger partial charge is 0.427 e. The van der Waals surface area contributed by atoms with Crippen LogP contribution in [0.5, 0.6) is 5.75 Å². The molecule has 1 aromatic carbocycles. The molecule has 34 heavy (non-hydrogen) atoms. The molecule has 11 nitrogen and oxygen atoms in total. The molecule has 4 N–H and O–H groups in total. The monoisotopic (exact) mass is 490 g/mol. The molecule has 2 aliphatic heterocycles. The number of fused-ring (bicyclic) bond motifs is 1. The third kappa shape index (κ3) is 5.06. The van der Waals surface area contributed by atoms with Gasteiger partial charge in [-0.15, -0.1) is 11.8 Å². The van der Waals surface area contributed by atoms with Crippen molar-refractivity contribution in [3.05, 3.63) is 29.8 Å². The van der Waals surface area contributed by atoms with Crippen molar-refractivity contribution in [2.75, 3.05) is 0 Å². The van der Waals surface area contributed by atoms with Gasteiger partial charge in [-0.25, -0.2) is 0 Å². The number of nitrogens with one attached hydrogen (secondary N) is 2. The Hall–Kier alpha value is -3.41. The zero-order valence-corrected chi connectivity index (χ0v) is 19.9. The molecule has 2 aliphatic rings. The number of benzene rings is 1. The van der Waals surface area contributed by atoms with Crippen LogP contribution in [0.25, 0.3) is 0 Å². The average Bonchev–Trinajstić information content (AvgIpc) is 2.98. The number of primary amides is 1. The second-order valence-corrected chi connectivity index (χ2v) is 10.4. The smallest absolute Gasteiger partial charge is 0.308 e. The summed E-state index contributed by atoms with van der Waals surface area (Å²) in [6.45, 7) is 6.40. The van der Waals surface area contributed by atoms with Crippen molar-refractivity contribution < 1.29 is 33.5 Å². The molecule has 0 spiro atoms. The van der Waals surface area contributed by atoms with Crippen LogP contribution in [0.2, 0.25) is 0 Å². The lowest BCUT2D eigenvalue weighted by molar-refractivity contribution is -0.154. The van der Waals surface area contributed by atoms with Gasteiger partial charge in [0.15, 0.2) is 5.78 Å². The molecule has 1 unspecified atom stereocenters. The summed E-state index contributed by atoms with van der Waals surface area (Å²) in [4.78, 5) is 74.0. The highest BCUT2D eigenvalue weighted by Gasteiger charge is 2.63. The summed E-state index contributed by atoms with van der Waals surface area (Å²) < 4.78 is 4.46. The van der Waals surface area contributed by atoms with E-state index in [1.54, 1.807) is 0 Å². The normalized spacial score (nSPS) is 23.2. The van der Waals surface area contributed by atoms with Crippen LogP contribution in [0.3, 0.4) is 0 Å². The number of thioether (sulfide) groups is 1. The van der Waals surface area contributed by atoms with Gasteiger partial charge in [-0.05, 0) is 38.5 Å². The van der Waals surface area contributed by atoms with Crippen LogP contribution >= 0.6 is 11.8 Å². The van der Waals surface area contributed by atoms with Gasteiger partial charge in [0.1, 0.15) is 35.7 Å². The molecule has 0 saturated carbocycles. The number of carbonyl (C=O) groups is 6. The maximum atomic E-state index is 13.2. The summed E-state index contributed by atoms with van der Waals surface area (Å²) >= 11 is 1.42. The topological polar surface area (TPSA) is 165 Å². The molecular weight excluding hydrogens is 464 g/mol. The number of Topliss-reactive ketones (excluding diaryl/α,β-unsaturated/α-hetero) is 1. The van der Waals surface area contributed by atoms with Crippen LogP contribution in [0.4, 0.5) is 0 Å². The number of nitrogens with zero attached hydrogens (tertiary/aromatic N) is 1. The third-order valence-corrected chi connectivity index (χ3v) is 7.07. The van der Waals surface area contributed by atoms with E-state index in [-0.39, 0.29) is 17.4 Å². The van der Waals surface area contributed by atoms with Crippen molar-refractivity contribution in [2.45, 2.75) is 62.4 Å². The van der Waals surface area contributed by atoms with Gasteiger partial charge in [-0.2, -0.15) is 0 Å². The molecule has 0 radical (unpaired) electrons. The van der Waals surface area contributed by atoms with Crippen molar-refractivity contribution in [1.29, 1.82) is 0 Å². The number of β-lactam (4-membered cyclic amide) rings is 1. The summed E-state index contributed by atoms with van der Waals surface area (Å²) in [5.41, 5.74) is 5.40. The minimum absolute atomic E-state index is 0.136. The van der Waals surface area contributed by atoms with Gasteiger partial charge in [0.2, 0.25) is 23.6 Å². The SMILES string of the molecule is CC(=O)Oc1ccc([C@@H](NC(=O)CC(N)=O)C(=O)N[C@H]2C(=O)N3C2SC(C)(C)[C@H]3C(C)=O)cc1. The molecule has 4 amide bonds. The molecule has 2 fully saturated rings. The highest BCUT2D eigenvalue weighted by Crippen LogP contribution is 2.51. The number of amides is 4. The van der Waals surface area contributed by atoms with Crippen LogP contribution < -0.4 is 21.1 Å². The summed E-state index contributed by atoms with van der Waals surface area (Å²) in [6, 6.07) is 3.12. The van der Waals surface area contributed by atoms with E-state index in [4.69, 9.17) is 10.5 Å². The predicted octanol–water partition coefficient (Wildman–Crippen LogP) is -0.219. The Morgan fingerprint density at radius 2 is 1.76 bits per heavy atom. The van der Waals surface area contributed by atoms with Crippen LogP contribution in [-0.2, 0) is 28.8 Å². The van der Waals surface area contributed by atoms with Gasteiger partial charge in [0.25, 0.3) is 0 Å². The van der Waals surface area contributed by atoms with Crippen LogP contribution in [0.15, 0.2) is 24.3 Å². The highest BCUT2D eigenvalue weighted by atomic mass is 32.2. The van der Waals surface area contributed by atoms with E-state index in [2.05, 4.69) is 10.6 Å². The van der Waals surface area contributed by atoms with Crippen molar-refractivity contribution >= 4 is 47.1 Å². The van der Waals surface area contributed by atoms with E-state index in [9.17, 15) is 28.8 Å². The Morgan fingerprint density at radius 3 is 2.29 bits per heavy atom. The van der Waals surface area contributed by atoms with Crippen molar-refractivity contribution in [3.63, 3.8) is 0 Å². The first-order chi connectivity index (χ1) is 15.8. The number of carbonyl (C=O) groups excluding carboxylic acids is 6. The summed E-state index contributed by atoms with van der Waals surface area (Å²) in [7, 11) is 0. The Balaban J connectivity index is 1.80. The summed E-state index contributed by atoms with van der Waals surface area (Å²) in [6.07, 6.45) is -0.627. The van der Waals surface area contributed by atoms with E-state index in [0.29, 0.717) is 5.56 Å². The highest BCUT2D eigenvalue weighted by molar-refractivity contribution is 8.01. The van der Waals surface area contributed by atoms with Gasteiger partial charge in [0, 0.05) is 11.7 Å². The number of nitrogens with two attached hydrogens (primary N) is 1. The lowest BCUT2D eigenvalue weighted by Gasteiger charge is -2.44. The molecule has 4 atom stereocenters. The maximum Gasteiger partial charge on any atom is 0.308 e. The minimum Gasteiger partial charge on any atom is -0.427 e. The van der Waals surface area contributed by atoms with E-state index >= 15 is 0 Å². The van der Waals surface area contributed by atoms with Gasteiger partial charge in [0.05, 0.1) is 0 Å². The van der Waals surface area contributed by atoms with E-state index < -0.39 is 58.4 Å². The van der Waals surface area contributed by atoms with Crippen molar-refractivity contribution in [2.24, 2.45) is 5.73 Å². The first kappa shape index (κ1) is 25.2. The second kappa shape index (κ2) is 9.45. The first-order valence-corrected chi connectivity index (χ1v) is 11.4. The lowest BCUT2D eigenvalue weighted by atomic mass is 9.93. The fourth-order valence-corrected chi connectivity index (χ4v) is 5.91. The van der Waals surface area contributed by atoms with Gasteiger partial charge in [-0.3, -0.25) is 28.8 Å². The zero-order chi connectivity index (χ0) is 25.4. The molecular formula is C22H26N4O7S. The first-order valence-electron chi connectivity index (χ1n) is 10.5. The molecule has 3 rings (SSSR count). The van der Waals surface area contributed by atoms with E-state index in [1.807, 2.05) is 13.8 Å². The number of esters is 1. The average molecular weight is 491 g/mol. The Bertz CT molecular complexity index is 1060. The van der Waals surface area contributed by atoms with Gasteiger partial charge in [-0.1, -0.05) is 12.1 Å². The van der Waals surface area contributed by atoms with Gasteiger partial charge < -0.3 is 26.0 Å².